The van der Waals surface area contributed by atoms with E-state index in [9.17, 15) is 10.2 Å². The number of hydrogen-bond donors (Lipinski definition) is 2. The van der Waals surface area contributed by atoms with Crippen LogP contribution in [0.3, 0.4) is 0 Å². The van der Waals surface area contributed by atoms with Crippen LogP contribution in [0.2, 0.25) is 0 Å². The molecule has 0 amide bonds. The molecule has 2 N–H and O–H groups in total. The summed E-state index contributed by atoms with van der Waals surface area (Å²) in [5.41, 5.74) is 4.43. The zero-order valence-electron chi connectivity index (χ0n) is 17.9. The predicted molar refractivity (Wildman–Crippen MR) is 114 cm³/mol. The van der Waals surface area contributed by atoms with E-state index in [1.54, 1.807) is 6.07 Å². The third-order valence-electron chi connectivity index (χ3n) is 6.50. The Morgan fingerprint density at radius 3 is 2.73 bits per heavy atom. The summed E-state index contributed by atoms with van der Waals surface area (Å²) in [6.45, 7) is 8.39. The van der Waals surface area contributed by atoms with Gasteiger partial charge in [-0.25, -0.2) is 0 Å². The fourth-order valence-corrected chi connectivity index (χ4v) is 4.61. The van der Waals surface area contributed by atoms with Gasteiger partial charge in [0, 0.05) is 29.2 Å². The average Bonchev–Trinajstić information content (AvgIpc) is 3.06. The minimum absolute atomic E-state index is 0.0747. The van der Waals surface area contributed by atoms with Gasteiger partial charge < -0.3 is 24.4 Å². The summed E-state index contributed by atoms with van der Waals surface area (Å²) >= 11 is 0. The first-order chi connectivity index (χ1) is 14.2. The molecule has 0 saturated carbocycles. The Bertz CT molecular complexity index is 1050. The number of aliphatic hydroxyl groups excluding tert-OH is 1. The van der Waals surface area contributed by atoms with Gasteiger partial charge in [-0.3, -0.25) is 0 Å². The highest BCUT2D eigenvalue weighted by Gasteiger charge is 2.45. The van der Waals surface area contributed by atoms with Gasteiger partial charge in [-0.15, -0.1) is 0 Å². The maximum Gasteiger partial charge on any atom is 0.138 e. The summed E-state index contributed by atoms with van der Waals surface area (Å²) in [4.78, 5) is 0. The van der Waals surface area contributed by atoms with E-state index in [-0.39, 0.29) is 17.8 Å². The second-order valence-corrected chi connectivity index (χ2v) is 9.35. The van der Waals surface area contributed by atoms with Gasteiger partial charge in [0.2, 0.25) is 0 Å². The molecule has 0 unspecified atom stereocenters. The number of fused-ring (bicyclic) bond motifs is 7. The van der Waals surface area contributed by atoms with Gasteiger partial charge in [0.25, 0.3) is 0 Å². The van der Waals surface area contributed by atoms with Gasteiger partial charge >= 0.3 is 0 Å². The van der Waals surface area contributed by atoms with E-state index in [0.29, 0.717) is 25.2 Å². The molecule has 5 rings (SSSR count). The Kier molecular flexibility index (Phi) is 4.30. The quantitative estimate of drug-likeness (QED) is 0.712. The summed E-state index contributed by atoms with van der Waals surface area (Å²) < 4.78 is 18.6. The van der Waals surface area contributed by atoms with E-state index in [1.807, 2.05) is 39.8 Å². The van der Waals surface area contributed by atoms with Crippen LogP contribution in [-0.2, 0) is 12.8 Å². The molecular weight excluding hydrogens is 380 g/mol. The van der Waals surface area contributed by atoms with Gasteiger partial charge in [0.15, 0.2) is 0 Å². The number of ether oxygens (including phenoxy) is 3. The highest BCUT2D eigenvalue weighted by Crippen LogP contribution is 2.55. The molecular formula is C25H28O5. The first-order valence-corrected chi connectivity index (χ1v) is 10.6. The number of aromatic hydroxyl groups is 1. The summed E-state index contributed by atoms with van der Waals surface area (Å²) in [5, 5.41) is 21.0. The third-order valence-corrected chi connectivity index (χ3v) is 6.50. The second kappa shape index (κ2) is 6.67. The molecule has 2 aromatic carbocycles. The molecule has 0 aliphatic carbocycles. The van der Waals surface area contributed by atoms with Crippen LogP contribution < -0.4 is 14.2 Å². The standard InChI is InChI=1S/C25H28O5/c1-13(2)5-6-14-9-16-21(11-19(14)26)28-12-18-15-7-8-20-17(23(15)29-24(16)18)10-22(27)25(3,4)30-20/h5,7-9,11,18,22,24,26-27H,6,10,12H2,1-4H3/t18-,22-,24-/m1/s1. The van der Waals surface area contributed by atoms with Crippen LogP contribution in [0.15, 0.2) is 35.9 Å². The lowest BCUT2D eigenvalue weighted by Crippen LogP contribution is -2.46. The van der Waals surface area contributed by atoms with Crippen molar-refractivity contribution in [2.24, 2.45) is 0 Å². The minimum Gasteiger partial charge on any atom is -0.508 e. The van der Waals surface area contributed by atoms with Crippen molar-refractivity contribution >= 4 is 0 Å². The molecule has 3 aliphatic heterocycles. The number of hydrogen-bond acceptors (Lipinski definition) is 5. The van der Waals surface area contributed by atoms with Crippen LogP contribution in [0.5, 0.6) is 23.0 Å². The van der Waals surface area contributed by atoms with E-state index in [1.165, 1.54) is 5.57 Å². The number of rotatable bonds is 2. The van der Waals surface area contributed by atoms with Crippen molar-refractivity contribution in [1.82, 2.24) is 0 Å². The molecule has 158 valence electrons. The van der Waals surface area contributed by atoms with Crippen LogP contribution in [-0.4, -0.2) is 28.5 Å². The fraction of sp³-hybridized carbons (Fsp3) is 0.440. The largest absolute Gasteiger partial charge is 0.508 e. The maximum absolute atomic E-state index is 10.6. The Labute approximate surface area is 176 Å². The zero-order valence-corrected chi connectivity index (χ0v) is 17.9. The van der Waals surface area contributed by atoms with Gasteiger partial charge in [-0.2, -0.15) is 0 Å². The van der Waals surface area contributed by atoms with E-state index in [0.717, 1.165) is 33.8 Å². The molecule has 0 spiro atoms. The monoisotopic (exact) mass is 408 g/mol. The van der Waals surface area contributed by atoms with Crippen molar-refractivity contribution in [3.8, 4) is 23.0 Å². The van der Waals surface area contributed by atoms with E-state index < -0.39 is 11.7 Å². The Morgan fingerprint density at radius 2 is 1.97 bits per heavy atom. The Balaban J connectivity index is 1.54. The first-order valence-electron chi connectivity index (χ1n) is 10.6. The number of aliphatic hydroxyl groups is 1. The van der Waals surface area contributed by atoms with Crippen LogP contribution in [0.4, 0.5) is 0 Å². The van der Waals surface area contributed by atoms with Gasteiger partial charge in [0.05, 0.1) is 18.6 Å². The van der Waals surface area contributed by atoms with Crippen LogP contribution in [0.1, 0.15) is 62.0 Å². The first kappa shape index (κ1) is 19.3. The van der Waals surface area contributed by atoms with Crippen molar-refractivity contribution in [2.75, 3.05) is 6.61 Å². The summed E-state index contributed by atoms with van der Waals surface area (Å²) in [7, 11) is 0. The molecule has 3 atom stereocenters. The zero-order chi connectivity index (χ0) is 21.2. The van der Waals surface area contributed by atoms with Crippen molar-refractivity contribution in [3.63, 3.8) is 0 Å². The molecule has 2 aromatic rings. The van der Waals surface area contributed by atoms with E-state index in [2.05, 4.69) is 12.1 Å². The topological polar surface area (TPSA) is 68.2 Å². The fourth-order valence-electron chi connectivity index (χ4n) is 4.61. The lowest BCUT2D eigenvalue weighted by Gasteiger charge is -2.37. The van der Waals surface area contributed by atoms with Crippen LogP contribution in [0.25, 0.3) is 0 Å². The van der Waals surface area contributed by atoms with E-state index >= 15 is 0 Å². The van der Waals surface area contributed by atoms with E-state index in [4.69, 9.17) is 14.2 Å². The highest BCUT2D eigenvalue weighted by atomic mass is 16.5. The molecule has 3 heterocycles. The number of allylic oxidation sites excluding steroid dienone is 2. The number of phenolic OH excluding ortho intramolecular Hbond substituents is 1. The van der Waals surface area contributed by atoms with Crippen molar-refractivity contribution in [3.05, 3.63) is 58.2 Å². The highest BCUT2D eigenvalue weighted by molar-refractivity contribution is 5.59. The molecule has 3 aliphatic rings. The number of benzene rings is 2. The molecule has 0 fully saturated rings. The molecule has 0 bridgehead atoms. The Morgan fingerprint density at radius 1 is 1.17 bits per heavy atom. The third kappa shape index (κ3) is 2.95. The number of phenols is 1. The molecule has 0 radical (unpaired) electrons. The maximum atomic E-state index is 10.6. The normalized spacial score (nSPS) is 24.9. The van der Waals surface area contributed by atoms with Crippen molar-refractivity contribution in [1.29, 1.82) is 0 Å². The van der Waals surface area contributed by atoms with Crippen molar-refractivity contribution in [2.45, 2.75) is 64.3 Å². The van der Waals surface area contributed by atoms with Crippen LogP contribution >= 0.6 is 0 Å². The minimum atomic E-state index is -0.625. The molecule has 30 heavy (non-hydrogen) atoms. The lowest BCUT2D eigenvalue weighted by molar-refractivity contribution is -0.0418. The van der Waals surface area contributed by atoms with Gasteiger partial charge in [0.1, 0.15) is 34.7 Å². The molecule has 5 heteroatoms. The molecule has 0 aromatic heterocycles. The average molecular weight is 408 g/mol. The molecule has 5 nitrogen and oxygen atoms in total. The van der Waals surface area contributed by atoms with Crippen molar-refractivity contribution < 1.29 is 24.4 Å². The predicted octanol–water partition coefficient (Wildman–Crippen LogP) is 4.59. The molecule has 0 saturated heterocycles. The van der Waals surface area contributed by atoms with Gasteiger partial charge in [-0.05, 0) is 51.8 Å². The van der Waals surface area contributed by atoms with Gasteiger partial charge in [-0.1, -0.05) is 17.7 Å². The van der Waals surface area contributed by atoms with Crippen LogP contribution in [0, 0.1) is 0 Å². The second-order valence-electron chi connectivity index (χ2n) is 9.35. The lowest BCUT2D eigenvalue weighted by atomic mass is 9.85. The summed E-state index contributed by atoms with van der Waals surface area (Å²) in [6.07, 6.45) is 2.49. The summed E-state index contributed by atoms with van der Waals surface area (Å²) in [5.74, 6) is 2.59. The Hall–Kier alpha value is -2.66. The summed E-state index contributed by atoms with van der Waals surface area (Å²) in [6, 6.07) is 7.76. The SMILES string of the molecule is CC(C)=CCc1cc2c(cc1O)OC[C@@H]1c3ccc4c(c3O[C@H]21)C[C@@H](O)C(C)(C)O4. The smallest absolute Gasteiger partial charge is 0.138 e.